The Hall–Kier alpha value is -1.75. The summed E-state index contributed by atoms with van der Waals surface area (Å²) in [5.41, 5.74) is 2.55. The molecular formula is C16H21F2N3. The molecule has 1 atom stereocenters. The summed E-state index contributed by atoms with van der Waals surface area (Å²) < 4.78 is 28.7. The van der Waals surface area contributed by atoms with E-state index in [1.807, 2.05) is 24.7 Å². The van der Waals surface area contributed by atoms with Crippen molar-refractivity contribution in [3.63, 3.8) is 0 Å². The topological polar surface area (TPSA) is 29.9 Å². The molecule has 0 fully saturated rings. The monoisotopic (exact) mass is 293 g/mol. The number of aryl methyl sites for hydroxylation is 2. The molecule has 1 aromatic carbocycles. The minimum absolute atomic E-state index is 0.0577. The first-order chi connectivity index (χ1) is 10.1. The number of rotatable bonds is 6. The predicted octanol–water partition coefficient (Wildman–Crippen LogP) is 3.25. The van der Waals surface area contributed by atoms with Gasteiger partial charge < -0.3 is 5.32 Å². The molecule has 0 bridgehead atoms. The third kappa shape index (κ3) is 3.47. The molecule has 0 spiro atoms. The largest absolute Gasteiger partial charge is 0.311 e. The zero-order valence-electron chi connectivity index (χ0n) is 12.7. The summed E-state index contributed by atoms with van der Waals surface area (Å²) in [4.78, 5) is 0. The number of aromatic nitrogens is 2. The molecule has 2 aromatic rings. The van der Waals surface area contributed by atoms with Gasteiger partial charge in [-0.05, 0) is 44.5 Å². The van der Waals surface area contributed by atoms with Gasteiger partial charge in [0.1, 0.15) is 11.6 Å². The van der Waals surface area contributed by atoms with E-state index in [4.69, 9.17) is 0 Å². The van der Waals surface area contributed by atoms with Crippen LogP contribution in [0.25, 0.3) is 0 Å². The second kappa shape index (κ2) is 6.80. The summed E-state index contributed by atoms with van der Waals surface area (Å²) in [6, 6.07) is 5.71. The van der Waals surface area contributed by atoms with Crippen LogP contribution in [0.3, 0.4) is 0 Å². The molecular weight excluding hydrogens is 272 g/mol. The lowest BCUT2D eigenvalue weighted by Crippen LogP contribution is -2.22. The first kappa shape index (κ1) is 15.6. The Morgan fingerprint density at radius 1 is 1.24 bits per heavy atom. The summed E-state index contributed by atoms with van der Waals surface area (Å²) in [7, 11) is 1.84. The van der Waals surface area contributed by atoms with Crippen LogP contribution in [0.4, 0.5) is 8.78 Å². The molecule has 0 amide bonds. The molecule has 0 aliphatic carbocycles. The van der Waals surface area contributed by atoms with Crippen LogP contribution < -0.4 is 5.32 Å². The fourth-order valence-electron chi connectivity index (χ4n) is 2.46. The molecule has 1 heterocycles. The highest BCUT2D eigenvalue weighted by atomic mass is 19.1. The third-order valence-electron chi connectivity index (χ3n) is 3.67. The third-order valence-corrected chi connectivity index (χ3v) is 3.67. The molecule has 3 nitrogen and oxygen atoms in total. The van der Waals surface area contributed by atoms with Gasteiger partial charge in [0.05, 0.1) is 17.4 Å². The first-order valence-corrected chi connectivity index (χ1v) is 7.26. The van der Waals surface area contributed by atoms with Crippen LogP contribution in [-0.4, -0.2) is 16.8 Å². The fourth-order valence-corrected chi connectivity index (χ4v) is 2.46. The highest BCUT2D eigenvalue weighted by molar-refractivity contribution is 5.23. The fraction of sp³-hybridized carbons (Fsp3) is 0.438. The van der Waals surface area contributed by atoms with Crippen LogP contribution in [0, 0.1) is 11.6 Å². The SMILES string of the molecule is CCc1cc(C(Cc2ccc(F)cc2F)NC)n(CC)n1. The zero-order chi connectivity index (χ0) is 15.4. The lowest BCUT2D eigenvalue weighted by atomic mass is 10.0. The lowest BCUT2D eigenvalue weighted by Gasteiger charge is -2.18. The number of nitrogens with zero attached hydrogens (tertiary/aromatic N) is 2. The Morgan fingerprint density at radius 2 is 2.00 bits per heavy atom. The van der Waals surface area contributed by atoms with Gasteiger partial charge in [-0.3, -0.25) is 4.68 Å². The van der Waals surface area contributed by atoms with E-state index >= 15 is 0 Å². The molecule has 2 rings (SSSR count). The lowest BCUT2D eigenvalue weighted by molar-refractivity contribution is 0.497. The summed E-state index contributed by atoms with van der Waals surface area (Å²) in [6.45, 7) is 4.85. The van der Waals surface area contributed by atoms with Crippen LogP contribution in [0.5, 0.6) is 0 Å². The first-order valence-electron chi connectivity index (χ1n) is 7.26. The Morgan fingerprint density at radius 3 is 2.57 bits per heavy atom. The van der Waals surface area contributed by atoms with Gasteiger partial charge in [0.2, 0.25) is 0 Å². The summed E-state index contributed by atoms with van der Waals surface area (Å²) >= 11 is 0. The van der Waals surface area contributed by atoms with E-state index in [9.17, 15) is 8.78 Å². The van der Waals surface area contributed by atoms with Crippen molar-refractivity contribution in [1.82, 2.24) is 15.1 Å². The molecule has 1 N–H and O–H groups in total. The predicted molar refractivity (Wildman–Crippen MR) is 79.1 cm³/mol. The maximum absolute atomic E-state index is 13.8. The van der Waals surface area contributed by atoms with Crippen molar-refractivity contribution in [2.24, 2.45) is 0 Å². The normalized spacial score (nSPS) is 12.6. The molecule has 0 radical (unpaired) electrons. The minimum Gasteiger partial charge on any atom is -0.311 e. The van der Waals surface area contributed by atoms with Crippen LogP contribution in [0.15, 0.2) is 24.3 Å². The van der Waals surface area contributed by atoms with Crippen LogP contribution >= 0.6 is 0 Å². The summed E-state index contributed by atoms with van der Waals surface area (Å²) in [6.07, 6.45) is 1.32. The molecule has 0 saturated heterocycles. The van der Waals surface area contributed by atoms with Crippen molar-refractivity contribution >= 4 is 0 Å². The van der Waals surface area contributed by atoms with Gasteiger partial charge >= 0.3 is 0 Å². The zero-order valence-corrected chi connectivity index (χ0v) is 12.7. The van der Waals surface area contributed by atoms with Crippen molar-refractivity contribution in [1.29, 1.82) is 0 Å². The van der Waals surface area contributed by atoms with E-state index in [1.54, 1.807) is 0 Å². The van der Waals surface area contributed by atoms with Gasteiger partial charge in [-0.25, -0.2) is 8.78 Å². The van der Waals surface area contributed by atoms with Crippen molar-refractivity contribution < 1.29 is 8.78 Å². The number of hydrogen-bond donors (Lipinski definition) is 1. The quantitative estimate of drug-likeness (QED) is 0.886. The number of nitrogens with one attached hydrogen (secondary N) is 1. The average molecular weight is 293 g/mol. The Labute approximate surface area is 124 Å². The van der Waals surface area contributed by atoms with Crippen molar-refractivity contribution in [2.75, 3.05) is 7.05 Å². The Balaban J connectivity index is 2.29. The van der Waals surface area contributed by atoms with E-state index in [1.165, 1.54) is 12.1 Å². The van der Waals surface area contributed by atoms with Gasteiger partial charge in [-0.1, -0.05) is 13.0 Å². The number of hydrogen-bond acceptors (Lipinski definition) is 2. The van der Waals surface area contributed by atoms with Crippen LogP contribution in [-0.2, 0) is 19.4 Å². The number of halogens is 2. The average Bonchev–Trinajstić information content (AvgIpc) is 2.90. The maximum atomic E-state index is 13.8. The molecule has 21 heavy (non-hydrogen) atoms. The minimum atomic E-state index is -0.552. The van der Waals surface area contributed by atoms with Gasteiger partial charge in [-0.2, -0.15) is 5.10 Å². The van der Waals surface area contributed by atoms with Crippen LogP contribution in [0.1, 0.15) is 36.8 Å². The molecule has 0 saturated carbocycles. The Kier molecular flexibility index (Phi) is 5.07. The van der Waals surface area contributed by atoms with E-state index in [2.05, 4.69) is 17.3 Å². The highest BCUT2D eigenvalue weighted by Gasteiger charge is 2.18. The van der Waals surface area contributed by atoms with Crippen molar-refractivity contribution in [3.8, 4) is 0 Å². The summed E-state index contributed by atoms with van der Waals surface area (Å²) in [5, 5.41) is 7.72. The molecule has 114 valence electrons. The maximum Gasteiger partial charge on any atom is 0.129 e. The van der Waals surface area contributed by atoms with Gasteiger partial charge in [0, 0.05) is 12.6 Å². The Bertz CT molecular complexity index is 608. The van der Waals surface area contributed by atoms with Gasteiger partial charge in [0.15, 0.2) is 0 Å². The van der Waals surface area contributed by atoms with E-state index in [0.29, 0.717) is 12.0 Å². The summed E-state index contributed by atoms with van der Waals surface area (Å²) in [5.74, 6) is -1.06. The van der Waals surface area contributed by atoms with Crippen LogP contribution in [0.2, 0.25) is 0 Å². The second-order valence-corrected chi connectivity index (χ2v) is 5.01. The standard InChI is InChI=1S/C16H21F2N3/c1-4-13-10-16(21(5-2)20-13)15(19-3)8-11-6-7-12(17)9-14(11)18/h6-7,9-10,15,19H,4-5,8H2,1-3H3. The van der Waals surface area contributed by atoms with Gasteiger partial charge in [0.25, 0.3) is 0 Å². The molecule has 1 aromatic heterocycles. The van der Waals surface area contributed by atoms with Crippen molar-refractivity contribution in [3.05, 3.63) is 52.9 Å². The van der Waals surface area contributed by atoms with E-state index in [-0.39, 0.29) is 6.04 Å². The molecule has 0 aliphatic rings. The van der Waals surface area contributed by atoms with E-state index in [0.717, 1.165) is 30.4 Å². The smallest absolute Gasteiger partial charge is 0.129 e. The van der Waals surface area contributed by atoms with Gasteiger partial charge in [-0.15, -0.1) is 0 Å². The molecule has 5 heteroatoms. The molecule has 0 aliphatic heterocycles. The van der Waals surface area contributed by atoms with E-state index < -0.39 is 11.6 Å². The van der Waals surface area contributed by atoms with Crippen molar-refractivity contribution in [2.45, 2.75) is 39.3 Å². The molecule has 1 unspecified atom stereocenters. The highest BCUT2D eigenvalue weighted by Crippen LogP contribution is 2.22. The second-order valence-electron chi connectivity index (χ2n) is 5.01. The number of benzene rings is 1. The number of likely N-dealkylation sites (N-methyl/N-ethyl adjacent to an activating group) is 1.